The number of aromatic nitrogens is 2. The lowest BCUT2D eigenvalue weighted by molar-refractivity contribution is -0.384. The van der Waals surface area contributed by atoms with Crippen molar-refractivity contribution < 1.29 is 4.92 Å². The average Bonchev–Trinajstić information content (AvgIpc) is 2.94. The van der Waals surface area contributed by atoms with Gasteiger partial charge in [-0.15, -0.1) is 0 Å². The van der Waals surface area contributed by atoms with Gasteiger partial charge in [0.25, 0.3) is 5.69 Å². The van der Waals surface area contributed by atoms with Crippen LogP contribution in [0.1, 0.15) is 5.56 Å². The Kier molecular flexibility index (Phi) is 3.04. The van der Waals surface area contributed by atoms with Crippen LogP contribution in [-0.4, -0.2) is 14.9 Å². The Morgan fingerprint density at radius 1 is 1.20 bits per heavy atom. The second-order valence-electron chi connectivity index (χ2n) is 4.38. The van der Waals surface area contributed by atoms with Crippen LogP contribution >= 0.6 is 0 Å². The van der Waals surface area contributed by atoms with Crippen molar-refractivity contribution in [2.75, 3.05) is 5.32 Å². The average molecular weight is 268 g/mol. The summed E-state index contributed by atoms with van der Waals surface area (Å²) in [5, 5.41) is 13.9. The van der Waals surface area contributed by atoms with E-state index < -0.39 is 4.92 Å². The number of rotatable bonds is 4. The molecule has 0 saturated heterocycles. The van der Waals surface area contributed by atoms with Crippen LogP contribution in [0.4, 0.5) is 11.4 Å². The van der Waals surface area contributed by atoms with Crippen molar-refractivity contribution in [2.45, 2.75) is 6.54 Å². The maximum absolute atomic E-state index is 10.6. The van der Waals surface area contributed by atoms with Crippen molar-refractivity contribution >= 4 is 22.4 Å². The summed E-state index contributed by atoms with van der Waals surface area (Å²) < 4.78 is 0. The zero-order chi connectivity index (χ0) is 13.9. The second-order valence-corrected chi connectivity index (χ2v) is 4.38. The summed E-state index contributed by atoms with van der Waals surface area (Å²) in [4.78, 5) is 17.5. The summed E-state index contributed by atoms with van der Waals surface area (Å²) in [6.45, 7) is 0.587. The number of benzene rings is 2. The van der Waals surface area contributed by atoms with E-state index in [0.717, 1.165) is 22.3 Å². The first-order chi connectivity index (χ1) is 9.74. The number of para-hydroxylation sites is 1. The van der Waals surface area contributed by atoms with Crippen molar-refractivity contribution in [3.05, 3.63) is 64.5 Å². The van der Waals surface area contributed by atoms with Crippen LogP contribution in [0, 0.1) is 10.1 Å². The largest absolute Gasteiger partial charge is 0.379 e. The molecule has 2 N–H and O–H groups in total. The SMILES string of the molecule is O=[N+]([O-])c1ccc(CNc2cccc3[nH]cnc23)cc1. The Labute approximate surface area is 114 Å². The molecule has 6 heteroatoms. The van der Waals surface area contributed by atoms with Crippen LogP contribution < -0.4 is 5.32 Å². The van der Waals surface area contributed by atoms with Gasteiger partial charge in [0.15, 0.2) is 0 Å². The van der Waals surface area contributed by atoms with Gasteiger partial charge in [-0.25, -0.2) is 4.98 Å². The third-order valence-electron chi connectivity index (χ3n) is 3.08. The van der Waals surface area contributed by atoms with Crippen molar-refractivity contribution in [1.29, 1.82) is 0 Å². The number of non-ortho nitro benzene ring substituents is 1. The third-order valence-corrected chi connectivity index (χ3v) is 3.08. The van der Waals surface area contributed by atoms with Gasteiger partial charge in [0.05, 0.1) is 22.5 Å². The highest BCUT2D eigenvalue weighted by molar-refractivity contribution is 5.87. The lowest BCUT2D eigenvalue weighted by Gasteiger charge is -2.07. The maximum Gasteiger partial charge on any atom is 0.269 e. The number of H-pyrrole nitrogens is 1. The summed E-state index contributed by atoms with van der Waals surface area (Å²) in [5.74, 6) is 0. The Morgan fingerprint density at radius 3 is 2.75 bits per heavy atom. The van der Waals surface area contributed by atoms with Crippen LogP contribution in [0.15, 0.2) is 48.8 Å². The number of nitro groups is 1. The highest BCUT2D eigenvalue weighted by Crippen LogP contribution is 2.20. The van der Waals surface area contributed by atoms with Gasteiger partial charge in [0, 0.05) is 18.7 Å². The molecule has 0 atom stereocenters. The zero-order valence-electron chi connectivity index (χ0n) is 10.5. The summed E-state index contributed by atoms with van der Waals surface area (Å²) >= 11 is 0. The predicted molar refractivity (Wildman–Crippen MR) is 76.5 cm³/mol. The minimum Gasteiger partial charge on any atom is -0.379 e. The minimum absolute atomic E-state index is 0.100. The van der Waals surface area contributed by atoms with Gasteiger partial charge in [-0.1, -0.05) is 18.2 Å². The molecule has 20 heavy (non-hydrogen) atoms. The molecule has 0 saturated carbocycles. The molecule has 2 aromatic carbocycles. The molecule has 0 aliphatic heterocycles. The maximum atomic E-state index is 10.6. The Morgan fingerprint density at radius 2 is 2.00 bits per heavy atom. The standard InChI is InChI=1S/C14H12N4O2/c19-18(20)11-6-4-10(5-7-11)8-15-12-2-1-3-13-14(12)17-9-16-13/h1-7,9,15H,8H2,(H,16,17). The topological polar surface area (TPSA) is 83.9 Å². The fraction of sp³-hybridized carbons (Fsp3) is 0.0714. The molecule has 0 aliphatic carbocycles. The first-order valence-electron chi connectivity index (χ1n) is 6.13. The Hall–Kier alpha value is -2.89. The molecule has 0 aliphatic rings. The van der Waals surface area contributed by atoms with Gasteiger partial charge in [0.1, 0.15) is 5.52 Å². The third kappa shape index (κ3) is 2.31. The first-order valence-corrected chi connectivity index (χ1v) is 6.13. The quantitative estimate of drug-likeness (QED) is 0.562. The normalized spacial score (nSPS) is 10.6. The van der Waals surface area contributed by atoms with Crippen LogP contribution in [0.5, 0.6) is 0 Å². The molecule has 100 valence electrons. The van der Waals surface area contributed by atoms with Crippen molar-refractivity contribution in [1.82, 2.24) is 9.97 Å². The van der Waals surface area contributed by atoms with Crippen LogP contribution in [0.2, 0.25) is 0 Å². The van der Waals surface area contributed by atoms with E-state index in [1.54, 1.807) is 18.5 Å². The van der Waals surface area contributed by atoms with Crippen LogP contribution in [0.3, 0.4) is 0 Å². The van der Waals surface area contributed by atoms with E-state index in [4.69, 9.17) is 0 Å². The molecule has 3 rings (SSSR count). The Balaban J connectivity index is 1.76. The van der Waals surface area contributed by atoms with Gasteiger partial charge in [-0.05, 0) is 17.7 Å². The number of nitrogens with one attached hydrogen (secondary N) is 2. The van der Waals surface area contributed by atoms with E-state index in [2.05, 4.69) is 15.3 Å². The number of fused-ring (bicyclic) bond motifs is 1. The molecular weight excluding hydrogens is 256 g/mol. The van der Waals surface area contributed by atoms with E-state index in [9.17, 15) is 10.1 Å². The molecule has 1 heterocycles. The predicted octanol–water partition coefficient (Wildman–Crippen LogP) is 3.08. The lowest BCUT2D eigenvalue weighted by atomic mass is 10.2. The number of aromatic amines is 1. The highest BCUT2D eigenvalue weighted by Gasteiger charge is 2.05. The smallest absolute Gasteiger partial charge is 0.269 e. The molecular formula is C14H12N4O2. The lowest BCUT2D eigenvalue weighted by Crippen LogP contribution is -2.00. The monoisotopic (exact) mass is 268 g/mol. The van der Waals surface area contributed by atoms with Gasteiger partial charge >= 0.3 is 0 Å². The zero-order valence-corrected chi connectivity index (χ0v) is 10.5. The van der Waals surface area contributed by atoms with Gasteiger partial charge in [-0.3, -0.25) is 10.1 Å². The number of nitro benzene ring substituents is 1. The highest BCUT2D eigenvalue weighted by atomic mass is 16.6. The molecule has 0 bridgehead atoms. The van der Waals surface area contributed by atoms with E-state index in [0.29, 0.717) is 6.54 Å². The molecule has 0 radical (unpaired) electrons. The fourth-order valence-corrected chi connectivity index (χ4v) is 2.04. The molecule has 1 aromatic heterocycles. The molecule has 0 fully saturated rings. The molecule has 0 amide bonds. The number of imidazole rings is 1. The van der Waals surface area contributed by atoms with E-state index in [1.165, 1.54) is 12.1 Å². The van der Waals surface area contributed by atoms with Gasteiger partial charge in [-0.2, -0.15) is 0 Å². The van der Waals surface area contributed by atoms with Crippen LogP contribution in [0.25, 0.3) is 11.0 Å². The number of nitrogens with zero attached hydrogens (tertiary/aromatic N) is 2. The number of anilines is 1. The second kappa shape index (κ2) is 5.00. The van der Waals surface area contributed by atoms with Crippen molar-refractivity contribution in [2.24, 2.45) is 0 Å². The number of hydrogen-bond donors (Lipinski definition) is 2. The Bertz CT molecular complexity index is 749. The molecule has 6 nitrogen and oxygen atoms in total. The van der Waals surface area contributed by atoms with E-state index in [-0.39, 0.29) is 5.69 Å². The van der Waals surface area contributed by atoms with Crippen molar-refractivity contribution in [3.63, 3.8) is 0 Å². The van der Waals surface area contributed by atoms with Gasteiger partial charge < -0.3 is 10.3 Å². The van der Waals surface area contributed by atoms with E-state index >= 15 is 0 Å². The molecule has 0 spiro atoms. The summed E-state index contributed by atoms with van der Waals surface area (Å²) in [6, 6.07) is 12.4. The molecule has 3 aromatic rings. The molecule has 0 unspecified atom stereocenters. The van der Waals surface area contributed by atoms with E-state index in [1.807, 2.05) is 18.2 Å². The summed E-state index contributed by atoms with van der Waals surface area (Å²) in [7, 11) is 0. The summed E-state index contributed by atoms with van der Waals surface area (Å²) in [5.41, 5.74) is 3.86. The van der Waals surface area contributed by atoms with Gasteiger partial charge in [0.2, 0.25) is 0 Å². The van der Waals surface area contributed by atoms with Crippen LogP contribution in [-0.2, 0) is 6.54 Å². The summed E-state index contributed by atoms with van der Waals surface area (Å²) in [6.07, 6.45) is 1.65. The minimum atomic E-state index is -0.401. The first kappa shape index (κ1) is 12.2. The fourth-order valence-electron chi connectivity index (χ4n) is 2.04. The number of hydrogen-bond acceptors (Lipinski definition) is 4. The van der Waals surface area contributed by atoms with Crippen molar-refractivity contribution in [3.8, 4) is 0 Å².